The van der Waals surface area contributed by atoms with E-state index in [0.29, 0.717) is 0 Å². The molecule has 0 radical (unpaired) electrons. The Morgan fingerprint density at radius 2 is 1.42 bits per heavy atom. The molecule has 7 aromatic rings. The lowest BCUT2D eigenvalue weighted by Crippen LogP contribution is -2.00. The molecule has 0 atom stereocenters. The van der Waals surface area contributed by atoms with Gasteiger partial charge >= 0.3 is 0 Å². The largest absolute Gasteiger partial charge is 0.0991 e. The zero-order valence-electron chi connectivity index (χ0n) is 33.7. The molecular weight excluding hydrogens is 685 g/mol. The van der Waals surface area contributed by atoms with Gasteiger partial charge in [0.1, 0.15) is 0 Å². The molecule has 0 heteroatoms. The summed E-state index contributed by atoms with van der Waals surface area (Å²) in [6.45, 7) is 17.6. The molecule has 0 heterocycles. The van der Waals surface area contributed by atoms with Gasteiger partial charge in [-0.3, -0.25) is 0 Å². The minimum atomic E-state index is 0.861. The Balaban J connectivity index is 1.33. The van der Waals surface area contributed by atoms with Gasteiger partial charge in [0.2, 0.25) is 0 Å². The lowest BCUT2D eigenvalue weighted by atomic mass is 9.83. The maximum absolute atomic E-state index is 4.81. The second-order valence-electron chi connectivity index (χ2n) is 15.3. The molecule has 0 nitrogen and oxygen atoms in total. The zero-order valence-corrected chi connectivity index (χ0v) is 33.7. The van der Waals surface area contributed by atoms with Gasteiger partial charge in [-0.1, -0.05) is 166 Å². The molecule has 0 bridgehead atoms. The molecule has 7 aromatic carbocycles. The first-order valence-corrected chi connectivity index (χ1v) is 20.3. The Bertz CT molecular complexity index is 2880. The van der Waals surface area contributed by atoms with Crippen molar-refractivity contribution < 1.29 is 0 Å². The number of hydrogen-bond donors (Lipinski definition) is 0. The van der Waals surface area contributed by atoms with E-state index in [1.807, 2.05) is 12.2 Å². The minimum absolute atomic E-state index is 0.861. The fourth-order valence-electron chi connectivity index (χ4n) is 8.71. The highest BCUT2D eigenvalue weighted by Gasteiger charge is 2.18. The third-order valence-electron chi connectivity index (χ3n) is 11.8. The molecule has 0 saturated carbocycles. The number of benzene rings is 7. The first-order valence-electron chi connectivity index (χ1n) is 20.3. The summed E-state index contributed by atoms with van der Waals surface area (Å²) in [5, 5.41) is 7.61. The van der Waals surface area contributed by atoms with Crippen molar-refractivity contribution in [3.05, 3.63) is 221 Å². The summed E-state index contributed by atoms with van der Waals surface area (Å²) in [6, 6.07) is 44.6. The van der Waals surface area contributed by atoms with Crippen molar-refractivity contribution in [1.29, 1.82) is 0 Å². The van der Waals surface area contributed by atoms with Gasteiger partial charge < -0.3 is 0 Å². The van der Waals surface area contributed by atoms with Crippen molar-refractivity contribution in [2.45, 2.75) is 47.0 Å². The van der Waals surface area contributed by atoms with Crippen LogP contribution in [0.15, 0.2) is 177 Å². The first kappa shape index (κ1) is 37.4. The lowest BCUT2D eigenvalue weighted by molar-refractivity contribution is 0.998. The van der Waals surface area contributed by atoms with E-state index in [4.69, 9.17) is 6.58 Å². The van der Waals surface area contributed by atoms with Gasteiger partial charge in [-0.25, -0.2) is 0 Å². The monoisotopic (exact) mass is 734 g/mol. The minimum Gasteiger partial charge on any atom is -0.0991 e. The van der Waals surface area contributed by atoms with E-state index in [2.05, 4.69) is 192 Å². The van der Waals surface area contributed by atoms with Crippen LogP contribution < -0.4 is 0 Å². The predicted octanol–water partition coefficient (Wildman–Crippen LogP) is 16.1. The summed E-state index contributed by atoms with van der Waals surface area (Å²) >= 11 is 0. The van der Waals surface area contributed by atoms with Crippen LogP contribution in [0.1, 0.15) is 71.2 Å². The highest BCUT2D eigenvalue weighted by molar-refractivity contribution is 6.13. The summed E-state index contributed by atoms with van der Waals surface area (Å²) in [7, 11) is 0. The molecular formula is C57H50. The van der Waals surface area contributed by atoms with Crippen LogP contribution in [0.3, 0.4) is 0 Å². The number of fused-ring (bicyclic) bond motifs is 6. The average molecular weight is 735 g/mol. The molecule has 0 spiro atoms. The Morgan fingerprint density at radius 3 is 2.19 bits per heavy atom. The quantitative estimate of drug-likeness (QED) is 0.0969. The van der Waals surface area contributed by atoms with Crippen LogP contribution in [0.5, 0.6) is 0 Å². The van der Waals surface area contributed by atoms with Gasteiger partial charge in [0, 0.05) is 0 Å². The number of aryl methyl sites for hydroxylation is 2. The Hall–Kier alpha value is -6.50. The summed E-state index contributed by atoms with van der Waals surface area (Å²) in [4.78, 5) is 0. The Morgan fingerprint density at radius 1 is 0.702 bits per heavy atom. The van der Waals surface area contributed by atoms with Crippen LogP contribution in [-0.2, 0) is 6.42 Å². The van der Waals surface area contributed by atoms with Crippen LogP contribution in [-0.4, -0.2) is 0 Å². The van der Waals surface area contributed by atoms with Crippen LogP contribution in [0.4, 0.5) is 0 Å². The SMILES string of the molecule is C=C/C=C\c1cccc(/C(C)=C/C=C(CC)/C(=C/C(=C)c2cc3ccccc3c3ccccc23)c2cc(-c3cc4ccccc4c4c3C=CCC4)ccc2C)c1C. The maximum Gasteiger partial charge on any atom is -0.00992 e. The van der Waals surface area contributed by atoms with E-state index >= 15 is 0 Å². The second-order valence-corrected chi connectivity index (χ2v) is 15.3. The van der Waals surface area contributed by atoms with E-state index < -0.39 is 0 Å². The van der Waals surface area contributed by atoms with Crippen molar-refractivity contribution in [3.8, 4) is 11.1 Å². The van der Waals surface area contributed by atoms with Gasteiger partial charge in [0.15, 0.2) is 0 Å². The van der Waals surface area contributed by atoms with E-state index in [1.165, 1.54) is 99.1 Å². The summed E-state index contributed by atoms with van der Waals surface area (Å²) < 4.78 is 0. The Labute approximate surface area is 338 Å². The molecule has 0 saturated heterocycles. The molecule has 0 N–H and O–H groups in total. The molecule has 0 fully saturated rings. The third-order valence-corrected chi connectivity index (χ3v) is 11.8. The normalized spacial score (nSPS) is 13.5. The van der Waals surface area contributed by atoms with Gasteiger partial charge in [0.25, 0.3) is 0 Å². The van der Waals surface area contributed by atoms with E-state index in [-0.39, 0.29) is 0 Å². The van der Waals surface area contributed by atoms with E-state index in [1.54, 1.807) is 0 Å². The summed E-state index contributed by atoms with van der Waals surface area (Å²) in [5.74, 6) is 0. The first-order chi connectivity index (χ1) is 27.9. The molecule has 1 aliphatic rings. The van der Waals surface area contributed by atoms with Crippen LogP contribution in [0.25, 0.3) is 72.3 Å². The predicted molar refractivity (Wildman–Crippen MR) is 252 cm³/mol. The topological polar surface area (TPSA) is 0 Å². The average Bonchev–Trinajstić information content (AvgIpc) is 3.25. The maximum atomic E-state index is 4.81. The number of hydrogen-bond acceptors (Lipinski definition) is 0. The zero-order chi connectivity index (χ0) is 39.5. The molecule has 0 amide bonds. The molecule has 57 heavy (non-hydrogen) atoms. The molecule has 0 aliphatic heterocycles. The lowest BCUT2D eigenvalue weighted by Gasteiger charge is -2.21. The van der Waals surface area contributed by atoms with Crippen LogP contribution >= 0.6 is 0 Å². The van der Waals surface area contributed by atoms with Crippen LogP contribution in [0, 0.1) is 13.8 Å². The fourth-order valence-corrected chi connectivity index (χ4v) is 8.71. The number of rotatable bonds is 10. The van der Waals surface area contributed by atoms with Crippen LogP contribution in [0.2, 0.25) is 0 Å². The van der Waals surface area contributed by atoms with Crippen molar-refractivity contribution in [2.75, 3.05) is 0 Å². The van der Waals surface area contributed by atoms with Gasteiger partial charge in [0.05, 0.1) is 0 Å². The molecule has 1 aliphatic carbocycles. The standard InChI is InChI=1S/C57H50/c1-7-9-19-43-22-18-29-47(41(43)6)38(3)30-32-42(8-2)56(34-40(5)55-35-44-20-10-12-23-48(44)50-25-14-16-27-52(50)55)54-36-46(33-31-39(54)4)57-37-45-21-11-13-24-49(45)51-26-15-17-28-53(51)57/h7,9-14,16-25,27-37H,1,5,8,15,26H2,2-4,6H3/b19-9-,38-30+,42-32+,56-34-. The fraction of sp³-hybridized carbons (Fsp3) is 0.123. The van der Waals surface area contributed by atoms with Crippen molar-refractivity contribution in [1.82, 2.24) is 0 Å². The highest BCUT2D eigenvalue weighted by atomic mass is 14.2. The van der Waals surface area contributed by atoms with Crippen molar-refractivity contribution in [2.24, 2.45) is 0 Å². The van der Waals surface area contributed by atoms with Gasteiger partial charge in [-0.2, -0.15) is 0 Å². The second kappa shape index (κ2) is 16.3. The van der Waals surface area contributed by atoms with Gasteiger partial charge in [-0.05, 0) is 175 Å². The smallest absolute Gasteiger partial charge is 0.00992 e. The summed E-state index contributed by atoms with van der Waals surface area (Å²) in [5.41, 5.74) is 17.4. The number of allylic oxidation sites excluding steroid dienone is 10. The molecule has 0 unspecified atom stereocenters. The molecule has 0 aromatic heterocycles. The molecule has 8 rings (SSSR count). The van der Waals surface area contributed by atoms with Gasteiger partial charge in [-0.15, -0.1) is 0 Å². The van der Waals surface area contributed by atoms with Crippen molar-refractivity contribution >= 4 is 61.2 Å². The highest BCUT2D eigenvalue weighted by Crippen LogP contribution is 2.41. The summed E-state index contributed by atoms with van der Waals surface area (Å²) in [6.07, 6.45) is 20.6. The van der Waals surface area contributed by atoms with Crippen molar-refractivity contribution in [3.63, 3.8) is 0 Å². The Kier molecular flexibility index (Phi) is 10.7. The molecule has 278 valence electrons. The van der Waals surface area contributed by atoms with E-state index in [9.17, 15) is 0 Å². The van der Waals surface area contributed by atoms with E-state index in [0.717, 1.165) is 30.4 Å². The third kappa shape index (κ3) is 7.32.